The van der Waals surface area contributed by atoms with Gasteiger partial charge in [-0.25, -0.2) is 0 Å². The maximum Gasteiger partial charge on any atom is 0.190 e. The average Bonchev–Trinajstić information content (AvgIpc) is 3.35. The first-order chi connectivity index (χ1) is 12.2. The first-order valence-electron chi connectivity index (χ1n) is 8.85. The van der Waals surface area contributed by atoms with E-state index in [0.29, 0.717) is 35.1 Å². The zero-order valence-electron chi connectivity index (χ0n) is 14.1. The molecule has 0 radical (unpaired) electrons. The summed E-state index contributed by atoms with van der Waals surface area (Å²) < 4.78 is 16.9. The molecule has 0 N–H and O–H groups in total. The van der Waals surface area contributed by atoms with Gasteiger partial charge in [-0.15, -0.1) is 0 Å². The van der Waals surface area contributed by atoms with E-state index in [1.165, 1.54) is 0 Å². The smallest absolute Gasteiger partial charge is 0.190 e. The second kappa shape index (κ2) is 5.34. The van der Waals surface area contributed by atoms with E-state index in [1.54, 1.807) is 19.2 Å². The third-order valence-corrected chi connectivity index (χ3v) is 6.21. The largest absolute Gasteiger partial charge is 0.365 e. The molecule has 0 unspecified atom stereocenters. The van der Waals surface area contributed by atoms with Crippen molar-refractivity contribution in [3.8, 4) is 0 Å². The van der Waals surface area contributed by atoms with E-state index in [0.717, 1.165) is 12.8 Å². The zero-order valence-corrected chi connectivity index (χ0v) is 14.1. The van der Waals surface area contributed by atoms with Crippen LogP contribution in [0.1, 0.15) is 46.4 Å². The van der Waals surface area contributed by atoms with E-state index in [-0.39, 0.29) is 42.1 Å². The van der Waals surface area contributed by atoms with Crippen molar-refractivity contribution in [3.63, 3.8) is 0 Å². The van der Waals surface area contributed by atoms with Gasteiger partial charge in [0.1, 0.15) is 12.4 Å². The Balaban J connectivity index is 1.55. The van der Waals surface area contributed by atoms with Gasteiger partial charge in [0.05, 0.1) is 12.2 Å². The number of hydrogen-bond acceptors (Lipinski definition) is 5. The van der Waals surface area contributed by atoms with Crippen molar-refractivity contribution >= 4 is 11.6 Å². The topological polar surface area (TPSA) is 65.1 Å². The molecule has 0 aromatic heterocycles. The van der Waals surface area contributed by atoms with Crippen LogP contribution in [0.4, 0.5) is 0 Å². The summed E-state index contributed by atoms with van der Waals surface area (Å²) in [5.74, 6) is -0.0631. The minimum atomic E-state index is -0.256. The fourth-order valence-corrected chi connectivity index (χ4v) is 4.99. The Bertz CT molecular complexity index is 810. The second-order valence-corrected chi connectivity index (χ2v) is 7.38. The minimum Gasteiger partial charge on any atom is -0.365 e. The number of methoxy groups -OCH3 is 1. The zero-order chi connectivity index (χ0) is 17.2. The lowest BCUT2D eigenvalue weighted by atomic mass is 9.63. The van der Waals surface area contributed by atoms with Gasteiger partial charge in [-0.2, -0.15) is 0 Å². The summed E-state index contributed by atoms with van der Waals surface area (Å²) in [6.07, 6.45) is 3.15. The summed E-state index contributed by atoms with van der Waals surface area (Å²) in [5.41, 5.74) is 2.15. The number of Topliss-reactive ketones (excluding diaryl/α,β-unsaturated/α-hetero) is 2. The Morgan fingerprint density at radius 1 is 1.20 bits per heavy atom. The van der Waals surface area contributed by atoms with Crippen molar-refractivity contribution in [3.05, 3.63) is 46.5 Å². The van der Waals surface area contributed by atoms with E-state index < -0.39 is 0 Å². The van der Waals surface area contributed by atoms with Crippen molar-refractivity contribution < 1.29 is 23.8 Å². The van der Waals surface area contributed by atoms with Gasteiger partial charge in [-0.3, -0.25) is 9.59 Å². The summed E-state index contributed by atoms with van der Waals surface area (Å²) in [7, 11) is 1.60. The van der Waals surface area contributed by atoms with Gasteiger partial charge in [0.15, 0.2) is 11.6 Å². The highest BCUT2D eigenvalue weighted by Crippen LogP contribution is 2.61. The lowest BCUT2D eigenvalue weighted by Crippen LogP contribution is -2.45. The number of rotatable bonds is 3. The molecule has 130 valence electrons. The van der Waals surface area contributed by atoms with Crippen molar-refractivity contribution in [1.29, 1.82) is 0 Å². The molecule has 1 aliphatic heterocycles. The Morgan fingerprint density at radius 2 is 1.96 bits per heavy atom. The number of ether oxygens (including phenoxy) is 3. The van der Waals surface area contributed by atoms with Crippen molar-refractivity contribution in [1.82, 2.24) is 0 Å². The fraction of sp³-hybridized carbons (Fsp3) is 0.500. The predicted molar refractivity (Wildman–Crippen MR) is 88.4 cm³/mol. The van der Waals surface area contributed by atoms with Crippen molar-refractivity contribution in [2.75, 3.05) is 13.9 Å². The van der Waals surface area contributed by atoms with Gasteiger partial charge in [0.25, 0.3) is 0 Å². The number of fused-ring (bicyclic) bond motifs is 2. The van der Waals surface area contributed by atoms with Crippen LogP contribution < -0.4 is 0 Å². The summed E-state index contributed by atoms with van der Waals surface area (Å²) in [6, 6.07) is 7.13. The van der Waals surface area contributed by atoms with Gasteiger partial charge < -0.3 is 14.2 Å². The standard InChI is InChI=1S/C20H20O5/c1-23-10-24-11-6-7-20-15(8-11)17-14(9-16(20)25-20)18(21)12-4-2-3-5-13(12)19(17)22/h2-5,11,15-16H,6-10H2,1H3/t11-,15+,16+,20-/m0/s1. The van der Waals surface area contributed by atoms with E-state index >= 15 is 0 Å². The molecule has 1 saturated carbocycles. The van der Waals surface area contributed by atoms with Crippen LogP contribution >= 0.6 is 0 Å². The number of epoxide rings is 1. The fourth-order valence-electron chi connectivity index (χ4n) is 4.99. The highest BCUT2D eigenvalue weighted by Gasteiger charge is 2.67. The lowest BCUT2D eigenvalue weighted by molar-refractivity contribution is -0.0939. The molecule has 0 bridgehead atoms. The summed E-state index contributed by atoms with van der Waals surface area (Å²) in [5, 5.41) is 0. The van der Waals surface area contributed by atoms with Crippen molar-refractivity contribution in [2.24, 2.45) is 5.92 Å². The number of carbonyl (C=O) groups excluding carboxylic acids is 2. The van der Waals surface area contributed by atoms with Crippen molar-refractivity contribution in [2.45, 2.75) is 43.5 Å². The predicted octanol–water partition coefficient (Wildman–Crippen LogP) is 2.69. The quantitative estimate of drug-likeness (QED) is 0.625. The lowest BCUT2D eigenvalue weighted by Gasteiger charge is -2.40. The second-order valence-electron chi connectivity index (χ2n) is 7.38. The Morgan fingerprint density at radius 3 is 2.72 bits per heavy atom. The van der Waals surface area contributed by atoms with Gasteiger partial charge in [-0.05, 0) is 19.3 Å². The molecule has 1 saturated heterocycles. The number of benzene rings is 1. The molecular formula is C20H20O5. The van der Waals surface area contributed by atoms with Gasteiger partial charge in [-0.1, -0.05) is 24.3 Å². The first kappa shape index (κ1) is 15.4. The van der Waals surface area contributed by atoms with Crippen LogP contribution in [0.3, 0.4) is 0 Å². The Kier molecular flexibility index (Phi) is 3.29. The Hall–Kier alpha value is -1.82. The monoisotopic (exact) mass is 340 g/mol. The normalized spacial score (nSPS) is 35.6. The maximum absolute atomic E-state index is 13.2. The van der Waals surface area contributed by atoms with E-state index in [1.807, 2.05) is 12.1 Å². The summed E-state index contributed by atoms with van der Waals surface area (Å²) in [6.45, 7) is 0.246. The molecule has 4 atom stereocenters. The van der Waals surface area contributed by atoms with Crippen LogP contribution in [0, 0.1) is 5.92 Å². The minimum absolute atomic E-state index is 0.00378. The molecule has 0 amide bonds. The van der Waals surface area contributed by atoms with E-state index in [9.17, 15) is 9.59 Å². The third kappa shape index (κ3) is 2.06. The molecule has 1 heterocycles. The van der Waals surface area contributed by atoms with Crippen LogP contribution in [0.15, 0.2) is 35.4 Å². The highest BCUT2D eigenvalue weighted by molar-refractivity contribution is 6.27. The molecule has 4 aliphatic rings. The van der Waals surface area contributed by atoms with Gasteiger partial charge >= 0.3 is 0 Å². The highest BCUT2D eigenvalue weighted by atomic mass is 16.7. The molecule has 1 aromatic rings. The number of carbonyl (C=O) groups is 2. The van der Waals surface area contributed by atoms with Crippen LogP contribution in [0.5, 0.6) is 0 Å². The summed E-state index contributed by atoms with van der Waals surface area (Å²) >= 11 is 0. The third-order valence-electron chi connectivity index (χ3n) is 6.21. The van der Waals surface area contributed by atoms with Crippen LogP contribution in [-0.4, -0.2) is 43.3 Å². The molecule has 2 fully saturated rings. The van der Waals surface area contributed by atoms with Gasteiger partial charge in [0, 0.05) is 41.7 Å². The Labute approximate surface area is 145 Å². The van der Waals surface area contributed by atoms with E-state index in [2.05, 4.69) is 0 Å². The maximum atomic E-state index is 13.2. The molecule has 3 aliphatic carbocycles. The van der Waals surface area contributed by atoms with Gasteiger partial charge in [0.2, 0.25) is 0 Å². The summed E-state index contributed by atoms with van der Waals surface area (Å²) in [4.78, 5) is 26.2. The molecule has 5 heteroatoms. The number of hydrogen-bond donors (Lipinski definition) is 0. The molecule has 5 rings (SSSR count). The SMILES string of the molecule is COCO[C@H]1CC[C@@]23O[C@@H]2CC2=C(C(=O)c4ccccc4C2=O)[C@H]3C1. The van der Waals surface area contributed by atoms with Crippen LogP contribution in [0.2, 0.25) is 0 Å². The number of ketones is 2. The van der Waals surface area contributed by atoms with E-state index in [4.69, 9.17) is 14.2 Å². The van der Waals surface area contributed by atoms with Crippen LogP contribution in [-0.2, 0) is 14.2 Å². The molecule has 1 aromatic carbocycles. The molecule has 25 heavy (non-hydrogen) atoms. The molecule has 5 nitrogen and oxygen atoms in total. The first-order valence-corrected chi connectivity index (χ1v) is 8.85. The molecule has 1 spiro atoms. The molecular weight excluding hydrogens is 320 g/mol. The van der Waals surface area contributed by atoms with Crippen LogP contribution in [0.25, 0.3) is 0 Å². The average molecular weight is 340 g/mol.